The molecule has 1 aromatic carbocycles. The molecule has 21 heavy (non-hydrogen) atoms. The van der Waals surface area contributed by atoms with Crippen molar-refractivity contribution in [2.45, 2.75) is 39.3 Å². The van der Waals surface area contributed by atoms with Gasteiger partial charge in [0, 0.05) is 13.0 Å². The summed E-state index contributed by atoms with van der Waals surface area (Å²) < 4.78 is 1.98. The molecule has 114 valence electrons. The molecule has 0 aliphatic carbocycles. The summed E-state index contributed by atoms with van der Waals surface area (Å²) in [5.74, 6) is 0.236. The number of hydrogen-bond acceptors (Lipinski definition) is 3. The fourth-order valence-corrected chi connectivity index (χ4v) is 2.34. The predicted molar refractivity (Wildman–Crippen MR) is 82.8 cm³/mol. The van der Waals surface area contributed by atoms with Crippen LogP contribution in [0.2, 0.25) is 0 Å². The zero-order valence-electron chi connectivity index (χ0n) is 12.6. The highest BCUT2D eigenvalue weighted by Gasteiger charge is 2.17. The van der Waals surface area contributed by atoms with Gasteiger partial charge in [-0.1, -0.05) is 32.4 Å². The Kier molecular flexibility index (Phi) is 5.33. The number of imidazole rings is 1. The number of amides is 1. The molecule has 0 fully saturated rings. The van der Waals surface area contributed by atoms with Gasteiger partial charge < -0.3 is 15.0 Å². The van der Waals surface area contributed by atoms with Crippen molar-refractivity contribution in [2.75, 3.05) is 6.61 Å². The van der Waals surface area contributed by atoms with Crippen LogP contribution in [0.4, 0.5) is 0 Å². The van der Waals surface area contributed by atoms with Gasteiger partial charge in [-0.25, -0.2) is 4.98 Å². The van der Waals surface area contributed by atoms with E-state index >= 15 is 0 Å². The molecule has 5 heteroatoms. The second kappa shape index (κ2) is 7.22. The smallest absolute Gasteiger partial charge is 0.222 e. The molecule has 0 radical (unpaired) electrons. The van der Waals surface area contributed by atoms with Crippen molar-refractivity contribution in [1.82, 2.24) is 14.9 Å². The van der Waals surface area contributed by atoms with Crippen LogP contribution in [0, 0.1) is 5.92 Å². The molecule has 2 N–H and O–H groups in total. The lowest BCUT2D eigenvalue weighted by molar-refractivity contribution is -0.122. The Labute approximate surface area is 125 Å². The normalized spacial score (nSPS) is 14.0. The fraction of sp³-hybridized carbons (Fsp3) is 0.500. The molecule has 0 aliphatic heterocycles. The molecule has 5 nitrogen and oxygen atoms in total. The molecule has 0 saturated heterocycles. The van der Waals surface area contributed by atoms with E-state index in [-0.39, 0.29) is 24.5 Å². The molecule has 0 bridgehead atoms. The van der Waals surface area contributed by atoms with Crippen molar-refractivity contribution in [1.29, 1.82) is 0 Å². The van der Waals surface area contributed by atoms with Crippen LogP contribution in [0.15, 0.2) is 30.6 Å². The molecule has 1 heterocycles. The maximum Gasteiger partial charge on any atom is 0.222 e. The summed E-state index contributed by atoms with van der Waals surface area (Å²) in [5.41, 5.74) is 1.97. The minimum atomic E-state index is -0.165. The number of benzene rings is 1. The molecule has 2 unspecified atom stereocenters. The molecular formula is C16H23N3O2. The predicted octanol–water partition coefficient (Wildman–Crippen LogP) is 1.95. The second-order valence-electron chi connectivity index (χ2n) is 5.42. The van der Waals surface area contributed by atoms with Crippen LogP contribution in [0.5, 0.6) is 0 Å². The van der Waals surface area contributed by atoms with Crippen molar-refractivity contribution in [3.8, 4) is 0 Å². The molecule has 0 spiro atoms. The molecule has 2 rings (SSSR count). The molecular weight excluding hydrogens is 266 g/mol. The minimum Gasteiger partial charge on any atom is -0.394 e. The lowest BCUT2D eigenvalue weighted by Gasteiger charge is -2.22. The van der Waals surface area contributed by atoms with Gasteiger partial charge in [-0.2, -0.15) is 0 Å². The number of para-hydroxylation sites is 2. The Balaban J connectivity index is 1.92. The van der Waals surface area contributed by atoms with Gasteiger partial charge in [0.2, 0.25) is 5.91 Å². The van der Waals surface area contributed by atoms with Crippen LogP contribution in [-0.2, 0) is 11.3 Å². The number of aromatic nitrogens is 2. The maximum atomic E-state index is 12.0. The molecule has 2 aromatic rings. The average molecular weight is 289 g/mol. The standard InChI is InChI=1S/C16H23N3O2/c1-3-12(2)14(10-20)18-16(21)8-9-19-11-17-13-6-4-5-7-15(13)19/h4-7,11-12,14,20H,3,8-10H2,1-2H3,(H,18,21). The van der Waals surface area contributed by atoms with E-state index in [1.165, 1.54) is 0 Å². The Hall–Kier alpha value is -1.88. The summed E-state index contributed by atoms with van der Waals surface area (Å²) >= 11 is 0. The van der Waals surface area contributed by atoms with Crippen molar-refractivity contribution in [3.05, 3.63) is 30.6 Å². The number of aliphatic hydroxyl groups is 1. The first-order valence-electron chi connectivity index (χ1n) is 7.45. The Morgan fingerprint density at radius 2 is 2.19 bits per heavy atom. The van der Waals surface area contributed by atoms with Crippen LogP contribution < -0.4 is 5.32 Å². The number of nitrogens with zero attached hydrogens (tertiary/aromatic N) is 2. The van der Waals surface area contributed by atoms with E-state index in [1.807, 2.05) is 35.8 Å². The topological polar surface area (TPSA) is 67.2 Å². The third-order valence-corrected chi connectivity index (χ3v) is 3.98. The first-order valence-corrected chi connectivity index (χ1v) is 7.45. The Morgan fingerprint density at radius 1 is 1.43 bits per heavy atom. The number of carbonyl (C=O) groups excluding carboxylic acids is 1. The first-order chi connectivity index (χ1) is 10.2. The number of rotatable bonds is 7. The van der Waals surface area contributed by atoms with Gasteiger partial charge >= 0.3 is 0 Å². The van der Waals surface area contributed by atoms with Gasteiger partial charge in [0.1, 0.15) is 0 Å². The van der Waals surface area contributed by atoms with E-state index < -0.39 is 0 Å². The van der Waals surface area contributed by atoms with E-state index in [9.17, 15) is 9.90 Å². The highest BCUT2D eigenvalue weighted by Crippen LogP contribution is 2.12. The summed E-state index contributed by atoms with van der Waals surface area (Å²) in [6.07, 6.45) is 3.07. The summed E-state index contributed by atoms with van der Waals surface area (Å²) in [7, 11) is 0. The Morgan fingerprint density at radius 3 is 2.90 bits per heavy atom. The van der Waals surface area contributed by atoms with E-state index in [0.29, 0.717) is 13.0 Å². The summed E-state index contributed by atoms with van der Waals surface area (Å²) in [5, 5.41) is 12.2. The van der Waals surface area contributed by atoms with Gasteiger partial charge in [0.25, 0.3) is 0 Å². The van der Waals surface area contributed by atoms with Gasteiger partial charge in [-0.3, -0.25) is 4.79 Å². The van der Waals surface area contributed by atoms with Gasteiger partial charge in [0.05, 0.1) is 30.0 Å². The number of aliphatic hydroxyl groups excluding tert-OH is 1. The maximum absolute atomic E-state index is 12.0. The van der Waals surface area contributed by atoms with Crippen LogP contribution >= 0.6 is 0 Å². The van der Waals surface area contributed by atoms with Crippen LogP contribution in [0.3, 0.4) is 0 Å². The highest BCUT2D eigenvalue weighted by atomic mass is 16.3. The third-order valence-electron chi connectivity index (χ3n) is 3.98. The molecule has 0 saturated carbocycles. The van der Waals surface area contributed by atoms with Gasteiger partial charge in [-0.05, 0) is 18.1 Å². The lowest BCUT2D eigenvalue weighted by Crippen LogP contribution is -2.42. The zero-order chi connectivity index (χ0) is 15.2. The minimum absolute atomic E-state index is 0.0191. The molecule has 1 amide bonds. The lowest BCUT2D eigenvalue weighted by atomic mass is 10.00. The van der Waals surface area contributed by atoms with Crippen LogP contribution in [0.25, 0.3) is 11.0 Å². The summed E-state index contributed by atoms with van der Waals surface area (Å²) in [6.45, 7) is 4.65. The van der Waals surface area contributed by atoms with E-state index in [0.717, 1.165) is 17.5 Å². The first kappa shape index (κ1) is 15.5. The third kappa shape index (κ3) is 3.82. The monoisotopic (exact) mass is 289 g/mol. The average Bonchev–Trinajstić information content (AvgIpc) is 2.93. The van der Waals surface area contributed by atoms with Gasteiger partial charge in [0.15, 0.2) is 0 Å². The molecule has 0 aliphatic rings. The van der Waals surface area contributed by atoms with E-state index in [4.69, 9.17) is 0 Å². The number of hydrogen-bond donors (Lipinski definition) is 2. The van der Waals surface area contributed by atoms with Gasteiger partial charge in [-0.15, -0.1) is 0 Å². The SMILES string of the molecule is CCC(C)C(CO)NC(=O)CCn1cnc2ccccc21. The number of fused-ring (bicyclic) bond motifs is 1. The van der Waals surface area contributed by atoms with Crippen molar-refractivity contribution in [3.63, 3.8) is 0 Å². The molecule has 1 aromatic heterocycles. The fourth-order valence-electron chi connectivity index (χ4n) is 2.34. The second-order valence-corrected chi connectivity index (χ2v) is 5.42. The number of aryl methyl sites for hydroxylation is 1. The van der Waals surface area contributed by atoms with Crippen LogP contribution in [-0.4, -0.2) is 33.2 Å². The van der Waals surface area contributed by atoms with Crippen molar-refractivity contribution in [2.24, 2.45) is 5.92 Å². The van der Waals surface area contributed by atoms with E-state index in [2.05, 4.69) is 17.2 Å². The largest absolute Gasteiger partial charge is 0.394 e. The summed E-state index contributed by atoms with van der Waals surface area (Å²) in [4.78, 5) is 16.3. The van der Waals surface area contributed by atoms with Crippen molar-refractivity contribution < 1.29 is 9.90 Å². The van der Waals surface area contributed by atoms with Crippen molar-refractivity contribution >= 4 is 16.9 Å². The quantitative estimate of drug-likeness (QED) is 0.818. The number of nitrogens with one attached hydrogen (secondary N) is 1. The zero-order valence-corrected chi connectivity index (χ0v) is 12.6. The van der Waals surface area contributed by atoms with Crippen LogP contribution in [0.1, 0.15) is 26.7 Å². The Bertz CT molecular complexity index is 594. The highest BCUT2D eigenvalue weighted by molar-refractivity contribution is 5.77. The molecule has 2 atom stereocenters. The number of carbonyl (C=O) groups is 1. The summed E-state index contributed by atoms with van der Waals surface area (Å²) in [6, 6.07) is 7.70. The van der Waals surface area contributed by atoms with E-state index in [1.54, 1.807) is 6.33 Å².